The Hall–Kier alpha value is -4.01. The second-order valence-corrected chi connectivity index (χ2v) is 10.7. The lowest BCUT2D eigenvalue weighted by Gasteiger charge is -2.34. The molecule has 6 rings (SSSR count). The number of nitrogens with zero attached hydrogens (tertiary/aromatic N) is 1. The summed E-state index contributed by atoms with van der Waals surface area (Å²) in [6.07, 6.45) is -1.09. The van der Waals surface area contributed by atoms with E-state index >= 15 is 0 Å². The Balaban J connectivity index is 1.32. The molecule has 180 valence electrons. The van der Waals surface area contributed by atoms with Crippen molar-refractivity contribution in [3.05, 3.63) is 96.0 Å². The number of halogens is 1. The van der Waals surface area contributed by atoms with Crippen LogP contribution in [0.25, 0.3) is 21.9 Å². The summed E-state index contributed by atoms with van der Waals surface area (Å²) in [6.45, 7) is -0.219. The molecule has 0 radical (unpaired) electrons. The van der Waals surface area contributed by atoms with Crippen LogP contribution in [0.15, 0.2) is 100 Å². The zero-order valence-electron chi connectivity index (χ0n) is 18.7. The summed E-state index contributed by atoms with van der Waals surface area (Å²) in [6, 6.07) is 25.8. The molecule has 4 aromatic carbocycles. The monoisotopic (exact) mass is 518 g/mol. The first kappa shape index (κ1) is 22.5. The minimum absolute atomic E-state index is 0.104. The SMILES string of the molecule is O=C(Nc1ccc2c(c1)oc1ccccc12)[C@@H]1CN(S(=O)(=O)c2ccccc2)c2cc(Cl)ccc2O1. The van der Waals surface area contributed by atoms with E-state index in [1.54, 1.807) is 42.5 Å². The number of carbonyl (C=O) groups excluding carboxylic acids is 1. The van der Waals surface area contributed by atoms with Gasteiger partial charge >= 0.3 is 0 Å². The van der Waals surface area contributed by atoms with Crippen LogP contribution in [0.4, 0.5) is 11.4 Å². The molecule has 0 aliphatic carbocycles. The number of nitrogens with one attached hydrogen (secondary N) is 1. The van der Waals surface area contributed by atoms with E-state index in [9.17, 15) is 13.2 Å². The Bertz CT molecular complexity index is 1730. The van der Waals surface area contributed by atoms with Gasteiger partial charge in [-0.1, -0.05) is 48.0 Å². The summed E-state index contributed by atoms with van der Waals surface area (Å²) in [4.78, 5) is 13.4. The van der Waals surface area contributed by atoms with E-state index in [1.165, 1.54) is 22.5 Å². The number of fused-ring (bicyclic) bond motifs is 4. The molecule has 7 nitrogen and oxygen atoms in total. The maximum atomic E-state index is 13.5. The van der Waals surface area contributed by atoms with Gasteiger partial charge in [0.2, 0.25) is 0 Å². The summed E-state index contributed by atoms with van der Waals surface area (Å²) in [5, 5.41) is 5.10. The molecule has 1 atom stereocenters. The Morgan fingerprint density at radius 3 is 2.47 bits per heavy atom. The number of hydrogen-bond donors (Lipinski definition) is 1. The van der Waals surface area contributed by atoms with Crippen molar-refractivity contribution in [3.63, 3.8) is 0 Å². The van der Waals surface area contributed by atoms with Gasteiger partial charge in [0.05, 0.1) is 17.1 Å². The highest BCUT2D eigenvalue weighted by Crippen LogP contribution is 2.39. The van der Waals surface area contributed by atoms with Gasteiger partial charge in [0, 0.05) is 27.5 Å². The molecular weight excluding hydrogens is 500 g/mol. The normalized spacial score (nSPS) is 15.5. The standard InChI is InChI=1S/C27H19ClN2O5S/c28-17-10-13-24-22(14-17)30(36(32,33)19-6-2-1-3-7-19)16-26(35-24)27(31)29-18-11-12-21-20-8-4-5-9-23(20)34-25(21)15-18/h1-15,26H,16H2,(H,29,31)/t26-/m0/s1. The van der Waals surface area contributed by atoms with Crippen molar-refractivity contribution in [3.8, 4) is 5.75 Å². The summed E-state index contributed by atoms with van der Waals surface area (Å²) in [5.74, 6) is -0.239. The van der Waals surface area contributed by atoms with Crippen LogP contribution in [-0.4, -0.2) is 27.0 Å². The first-order chi connectivity index (χ1) is 17.4. The topological polar surface area (TPSA) is 88.9 Å². The van der Waals surface area contributed by atoms with Crippen LogP contribution in [0.2, 0.25) is 5.02 Å². The highest BCUT2D eigenvalue weighted by atomic mass is 35.5. The van der Waals surface area contributed by atoms with Gasteiger partial charge in [-0.15, -0.1) is 0 Å². The predicted molar refractivity (Wildman–Crippen MR) is 139 cm³/mol. The number of amides is 1. The number of furan rings is 1. The highest BCUT2D eigenvalue weighted by molar-refractivity contribution is 7.92. The van der Waals surface area contributed by atoms with E-state index < -0.39 is 22.0 Å². The number of hydrogen-bond acceptors (Lipinski definition) is 5. The van der Waals surface area contributed by atoms with Crippen LogP contribution in [-0.2, 0) is 14.8 Å². The van der Waals surface area contributed by atoms with Gasteiger partial charge in [-0.05, 0) is 48.5 Å². The van der Waals surface area contributed by atoms with Crippen LogP contribution in [0.5, 0.6) is 5.75 Å². The van der Waals surface area contributed by atoms with E-state index in [4.69, 9.17) is 20.8 Å². The smallest absolute Gasteiger partial charge is 0.267 e. The van der Waals surface area contributed by atoms with Crippen molar-refractivity contribution in [2.45, 2.75) is 11.0 Å². The quantitative estimate of drug-likeness (QED) is 0.323. The van der Waals surface area contributed by atoms with Crippen molar-refractivity contribution < 1.29 is 22.4 Å². The van der Waals surface area contributed by atoms with Crippen molar-refractivity contribution >= 4 is 60.8 Å². The molecular formula is C27H19ClN2O5S. The molecule has 0 saturated carbocycles. The molecule has 0 unspecified atom stereocenters. The molecule has 1 amide bonds. The fourth-order valence-electron chi connectivity index (χ4n) is 4.33. The van der Waals surface area contributed by atoms with Crippen LogP contribution < -0.4 is 14.4 Å². The molecule has 1 aromatic heterocycles. The molecule has 1 N–H and O–H groups in total. The van der Waals surface area contributed by atoms with Gasteiger partial charge in [-0.25, -0.2) is 8.42 Å². The largest absolute Gasteiger partial charge is 0.476 e. The second kappa shape index (κ2) is 8.58. The number of benzene rings is 4. The van der Waals surface area contributed by atoms with Crippen LogP contribution in [0.3, 0.4) is 0 Å². The van der Waals surface area contributed by atoms with Gasteiger partial charge in [0.1, 0.15) is 16.9 Å². The molecule has 36 heavy (non-hydrogen) atoms. The number of carbonyl (C=O) groups is 1. The minimum atomic E-state index is -3.98. The predicted octanol–water partition coefficient (Wildman–Crippen LogP) is 5.83. The highest BCUT2D eigenvalue weighted by Gasteiger charge is 2.37. The number of sulfonamides is 1. The minimum Gasteiger partial charge on any atom is -0.476 e. The van der Waals surface area contributed by atoms with E-state index in [2.05, 4.69) is 5.32 Å². The number of para-hydroxylation sites is 1. The van der Waals surface area contributed by atoms with Gasteiger partial charge in [0.15, 0.2) is 6.10 Å². The molecule has 0 bridgehead atoms. The molecule has 5 aromatic rings. The van der Waals surface area contributed by atoms with E-state index in [0.29, 0.717) is 16.3 Å². The van der Waals surface area contributed by atoms with Gasteiger partial charge in [0.25, 0.3) is 15.9 Å². The number of ether oxygens (including phenoxy) is 1. The second-order valence-electron chi connectivity index (χ2n) is 8.37. The summed E-state index contributed by atoms with van der Waals surface area (Å²) in [5.41, 5.74) is 2.17. The van der Waals surface area contributed by atoms with Crippen LogP contribution in [0, 0.1) is 0 Å². The molecule has 9 heteroatoms. The van der Waals surface area contributed by atoms with E-state index in [1.807, 2.05) is 30.3 Å². The lowest BCUT2D eigenvalue weighted by molar-refractivity contribution is -0.122. The Kier molecular flexibility index (Phi) is 5.35. The van der Waals surface area contributed by atoms with Gasteiger partial charge in [-0.2, -0.15) is 0 Å². The summed E-state index contributed by atoms with van der Waals surface area (Å²) in [7, 11) is -3.98. The van der Waals surface area contributed by atoms with Gasteiger partial charge < -0.3 is 14.5 Å². The maximum absolute atomic E-state index is 13.5. The zero-order chi connectivity index (χ0) is 24.9. The van der Waals surface area contributed by atoms with Crippen LogP contribution in [0.1, 0.15) is 0 Å². The fourth-order valence-corrected chi connectivity index (χ4v) is 5.99. The first-order valence-electron chi connectivity index (χ1n) is 11.2. The van der Waals surface area contributed by atoms with E-state index in [-0.39, 0.29) is 22.9 Å². The third-order valence-corrected chi connectivity index (χ3v) is 8.09. The first-order valence-corrected chi connectivity index (χ1v) is 13.0. The summed E-state index contributed by atoms with van der Waals surface area (Å²) >= 11 is 6.16. The lowest BCUT2D eigenvalue weighted by Crippen LogP contribution is -2.48. The number of anilines is 2. The Labute approximate surface area is 211 Å². The van der Waals surface area contributed by atoms with Crippen LogP contribution >= 0.6 is 11.6 Å². The number of rotatable bonds is 4. The third-order valence-electron chi connectivity index (χ3n) is 6.06. The van der Waals surface area contributed by atoms with Crippen molar-refractivity contribution in [2.75, 3.05) is 16.2 Å². The Morgan fingerprint density at radius 1 is 0.889 bits per heavy atom. The Morgan fingerprint density at radius 2 is 1.64 bits per heavy atom. The van der Waals surface area contributed by atoms with Gasteiger partial charge in [-0.3, -0.25) is 9.10 Å². The average Bonchev–Trinajstić information content (AvgIpc) is 3.26. The maximum Gasteiger partial charge on any atom is 0.267 e. The molecule has 1 aliphatic heterocycles. The van der Waals surface area contributed by atoms with E-state index in [0.717, 1.165) is 16.4 Å². The molecule has 1 aliphatic rings. The third kappa shape index (κ3) is 3.84. The fraction of sp³-hybridized carbons (Fsp3) is 0.0741. The molecule has 0 saturated heterocycles. The summed E-state index contributed by atoms with van der Waals surface area (Å²) < 4.78 is 40.0. The van der Waals surface area contributed by atoms with Crippen molar-refractivity contribution in [1.82, 2.24) is 0 Å². The lowest BCUT2D eigenvalue weighted by atomic mass is 10.1. The molecule has 2 heterocycles. The van der Waals surface area contributed by atoms with Crippen molar-refractivity contribution in [2.24, 2.45) is 0 Å². The zero-order valence-corrected chi connectivity index (χ0v) is 20.3. The molecule has 0 spiro atoms. The molecule has 0 fully saturated rings. The average molecular weight is 519 g/mol. The van der Waals surface area contributed by atoms with Crippen molar-refractivity contribution in [1.29, 1.82) is 0 Å².